The van der Waals surface area contributed by atoms with Gasteiger partial charge in [0.25, 0.3) is 0 Å². The number of hydrogen-bond donors (Lipinski definition) is 0. The molecule has 2 aromatic carbocycles. The Kier molecular flexibility index (Phi) is 4.70. The predicted octanol–water partition coefficient (Wildman–Crippen LogP) is 6.95. The van der Waals surface area contributed by atoms with E-state index in [0.717, 1.165) is 11.8 Å². The maximum Gasteiger partial charge on any atom is 0.213 e. The third kappa shape index (κ3) is 3.15. The Bertz CT molecular complexity index is 1000. The summed E-state index contributed by atoms with van der Waals surface area (Å²) in [6.45, 7) is 2.26. The Morgan fingerprint density at radius 3 is 1.96 bits per heavy atom. The van der Waals surface area contributed by atoms with Crippen molar-refractivity contribution in [2.45, 2.75) is 70.1 Å². The van der Waals surface area contributed by atoms with E-state index in [9.17, 15) is 0 Å². The van der Waals surface area contributed by atoms with E-state index in [4.69, 9.17) is 0 Å². The van der Waals surface area contributed by atoms with Gasteiger partial charge in [-0.05, 0) is 79.3 Å². The standard InChI is InChI=1S/C27H32N/c1-19-11-12-23(20-7-3-4-8-20)17-25(19)26-16-15-22-13-14-24(18-27(22)28(26)2)21-9-5-6-10-21/h11-18,20-21H,3-10H2,1-2H3/q+1. The van der Waals surface area contributed by atoms with E-state index in [1.165, 1.54) is 90.2 Å². The molecule has 0 unspecified atom stereocenters. The van der Waals surface area contributed by atoms with E-state index in [1.807, 2.05) is 0 Å². The molecule has 1 nitrogen and oxygen atoms in total. The molecule has 28 heavy (non-hydrogen) atoms. The van der Waals surface area contributed by atoms with Crippen LogP contribution < -0.4 is 4.57 Å². The maximum atomic E-state index is 2.48. The van der Waals surface area contributed by atoms with E-state index >= 15 is 0 Å². The van der Waals surface area contributed by atoms with Crippen LogP contribution in [0.5, 0.6) is 0 Å². The first-order valence-corrected chi connectivity index (χ1v) is 11.2. The zero-order valence-electron chi connectivity index (χ0n) is 17.4. The molecule has 2 aliphatic rings. The molecule has 1 heterocycles. The molecule has 3 aromatic rings. The quantitative estimate of drug-likeness (QED) is 0.439. The lowest BCUT2D eigenvalue weighted by molar-refractivity contribution is -0.633. The van der Waals surface area contributed by atoms with Gasteiger partial charge < -0.3 is 0 Å². The number of aryl methyl sites for hydroxylation is 2. The highest BCUT2D eigenvalue weighted by Crippen LogP contribution is 2.37. The molecule has 0 spiro atoms. The molecule has 0 radical (unpaired) electrons. The molecule has 0 aliphatic heterocycles. The Morgan fingerprint density at radius 1 is 0.714 bits per heavy atom. The molecule has 0 amide bonds. The van der Waals surface area contributed by atoms with Crippen molar-refractivity contribution in [1.82, 2.24) is 0 Å². The fourth-order valence-electron chi connectivity index (χ4n) is 5.61. The predicted molar refractivity (Wildman–Crippen MR) is 118 cm³/mol. The zero-order chi connectivity index (χ0) is 19.1. The number of nitrogens with zero attached hydrogens (tertiary/aromatic N) is 1. The van der Waals surface area contributed by atoms with Crippen molar-refractivity contribution in [2.24, 2.45) is 7.05 Å². The van der Waals surface area contributed by atoms with Gasteiger partial charge >= 0.3 is 0 Å². The van der Waals surface area contributed by atoms with E-state index in [-0.39, 0.29) is 0 Å². The third-order valence-electron chi connectivity index (χ3n) is 7.39. The van der Waals surface area contributed by atoms with E-state index < -0.39 is 0 Å². The van der Waals surface area contributed by atoms with Gasteiger partial charge in [-0.15, -0.1) is 0 Å². The molecule has 2 fully saturated rings. The molecule has 2 aliphatic carbocycles. The highest BCUT2D eigenvalue weighted by atomic mass is 14.9. The van der Waals surface area contributed by atoms with Crippen LogP contribution in [-0.2, 0) is 7.05 Å². The van der Waals surface area contributed by atoms with Crippen molar-refractivity contribution in [2.75, 3.05) is 0 Å². The Morgan fingerprint density at radius 2 is 1.29 bits per heavy atom. The van der Waals surface area contributed by atoms with Crippen molar-refractivity contribution < 1.29 is 4.57 Å². The smallest absolute Gasteiger partial charge is 0.194 e. The molecule has 1 heteroatoms. The summed E-state index contributed by atoms with van der Waals surface area (Å²) in [4.78, 5) is 0. The van der Waals surface area contributed by atoms with Crippen LogP contribution in [0.15, 0.2) is 48.5 Å². The average Bonchev–Trinajstić information content (AvgIpc) is 3.43. The molecule has 0 saturated heterocycles. The summed E-state index contributed by atoms with van der Waals surface area (Å²) in [6, 6.07) is 19.0. The highest BCUT2D eigenvalue weighted by molar-refractivity contribution is 5.79. The first kappa shape index (κ1) is 17.9. The molecule has 1 aromatic heterocycles. The number of benzene rings is 2. The normalized spacial score (nSPS) is 18.4. The minimum absolute atomic E-state index is 0.763. The fourth-order valence-corrected chi connectivity index (χ4v) is 5.61. The largest absolute Gasteiger partial charge is 0.213 e. The fraction of sp³-hybridized carbons (Fsp3) is 0.444. The van der Waals surface area contributed by atoms with Gasteiger partial charge in [0.1, 0.15) is 7.05 Å². The van der Waals surface area contributed by atoms with Gasteiger partial charge in [0.2, 0.25) is 11.2 Å². The van der Waals surface area contributed by atoms with Gasteiger partial charge in [-0.25, -0.2) is 0 Å². The van der Waals surface area contributed by atoms with Gasteiger partial charge in [-0.2, -0.15) is 4.57 Å². The minimum atomic E-state index is 0.763. The number of aromatic nitrogens is 1. The van der Waals surface area contributed by atoms with Gasteiger partial charge in [0.05, 0.1) is 0 Å². The summed E-state index contributed by atoms with van der Waals surface area (Å²) in [7, 11) is 2.25. The summed E-state index contributed by atoms with van der Waals surface area (Å²) in [5.41, 5.74) is 8.57. The molecule has 0 atom stereocenters. The number of fused-ring (bicyclic) bond motifs is 1. The van der Waals surface area contributed by atoms with Crippen LogP contribution in [0.25, 0.3) is 22.2 Å². The van der Waals surface area contributed by atoms with Crippen LogP contribution in [0.2, 0.25) is 0 Å². The molecule has 0 bridgehead atoms. The molecule has 144 valence electrons. The van der Waals surface area contributed by atoms with Crippen LogP contribution in [-0.4, -0.2) is 0 Å². The van der Waals surface area contributed by atoms with Crippen LogP contribution in [0, 0.1) is 6.92 Å². The monoisotopic (exact) mass is 370 g/mol. The SMILES string of the molecule is Cc1ccc(C2CCCC2)cc1-c1ccc2ccc(C3CCCC3)cc2[n+]1C. The van der Waals surface area contributed by atoms with Crippen molar-refractivity contribution in [3.8, 4) is 11.3 Å². The molecule has 2 saturated carbocycles. The topological polar surface area (TPSA) is 3.88 Å². The minimum Gasteiger partial charge on any atom is -0.194 e. The van der Waals surface area contributed by atoms with Crippen molar-refractivity contribution in [1.29, 1.82) is 0 Å². The second-order valence-corrected chi connectivity index (χ2v) is 9.13. The number of rotatable bonds is 3. The van der Waals surface area contributed by atoms with Crippen LogP contribution in [0.4, 0.5) is 0 Å². The van der Waals surface area contributed by atoms with Gasteiger partial charge in [-0.1, -0.05) is 43.9 Å². The van der Waals surface area contributed by atoms with E-state index in [1.54, 1.807) is 0 Å². The van der Waals surface area contributed by atoms with E-state index in [0.29, 0.717) is 0 Å². The number of pyridine rings is 1. The lowest BCUT2D eigenvalue weighted by Crippen LogP contribution is -2.32. The van der Waals surface area contributed by atoms with Crippen LogP contribution in [0.1, 0.15) is 79.9 Å². The summed E-state index contributed by atoms with van der Waals surface area (Å²) in [6.07, 6.45) is 11.0. The zero-order valence-corrected chi connectivity index (χ0v) is 17.4. The summed E-state index contributed by atoms with van der Waals surface area (Å²) >= 11 is 0. The third-order valence-corrected chi connectivity index (χ3v) is 7.39. The second kappa shape index (κ2) is 7.35. The second-order valence-electron chi connectivity index (χ2n) is 9.13. The lowest BCUT2D eigenvalue weighted by Gasteiger charge is -2.14. The van der Waals surface area contributed by atoms with Crippen molar-refractivity contribution in [3.63, 3.8) is 0 Å². The van der Waals surface area contributed by atoms with E-state index in [2.05, 4.69) is 67.1 Å². The van der Waals surface area contributed by atoms with Crippen LogP contribution in [0.3, 0.4) is 0 Å². The highest BCUT2D eigenvalue weighted by Gasteiger charge is 2.22. The van der Waals surface area contributed by atoms with Gasteiger partial charge in [0.15, 0.2) is 0 Å². The maximum absolute atomic E-state index is 2.48. The molecule has 5 rings (SSSR count). The van der Waals surface area contributed by atoms with Gasteiger partial charge in [-0.3, -0.25) is 0 Å². The van der Waals surface area contributed by atoms with Crippen molar-refractivity contribution >= 4 is 10.9 Å². The molecular weight excluding hydrogens is 338 g/mol. The Hall–Kier alpha value is -2.15. The van der Waals surface area contributed by atoms with Crippen molar-refractivity contribution in [3.05, 3.63) is 65.2 Å². The molecular formula is C27H32N+. The average molecular weight is 371 g/mol. The van der Waals surface area contributed by atoms with Gasteiger partial charge in [0, 0.05) is 23.1 Å². The first-order chi connectivity index (χ1) is 13.7. The summed E-state index contributed by atoms with van der Waals surface area (Å²) in [5.74, 6) is 1.53. The molecule has 0 N–H and O–H groups in total. The summed E-state index contributed by atoms with van der Waals surface area (Å²) < 4.78 is 2.43. The summed E-state index contributed by atoms with van der Waals surface area (Å²) in [5, 5.41) is 1.34. The Balaban J connectivity index is 1.60. The first-order valence-electron chi connectivity index (χ1n) is 11.2. The Labute approximate surface area is 169 Å². The number of hydrogen-bond acceptors (Lipinski definition) is 0. The van der Waals surface area contributed by atoms with Crippen LogP contribution >= 0.6 is 0 Å². The lowest BCUT2D eigenvalue weighted by atomic mass is 9.92.